The van der Waals surface area contributed by atoms with E-state index in [1.54, 1.807) is 0 Å². The summed E-state index contributed by atoms with van der Waals surface area (Å²) in [6, 6.07) is -0.359. The highest BCUT2D eigenvalue weighted by atomic mass is 16.2. The summed E-state index contributed by atoms with van der Waals surface area (Å²) in [7, 11) is 0. The van der Waals surface area contributed by atoms with Crippen molar-refractivity contribution < 1.29 is 9.59 Å². The van der Waals surface area contributed by atoms with E-state index >= 15 is 0 Å². The highest BCUT2D eigenvalue weighted by Crippen LogP contribution is 2.28. The third-order valence-corrected chi connectivity index (χ3v) is 3.64. The maximum Gasteiger partial charge on any atom is 0.289 e. The van der Waals surface area contributed by atoms with Crippen LogP contribution in [0, 0.1) is 5.92 Å². The number of ketones is 1. The number of amides is 1. The average molecular weight is 282 g/mol. The first-order chi connectivity index (χ1) is 9.20. The van der Waals surface area contributed by atoms with Crippen LogP contribution in [0.15, 0.2) is 0 Å². The lowest BCUT2D eigenvalue weighted by Crippen LogP contribution is -2.56. The molecule has 0 spiro atoms. The third kappa shape index (κ3) is 5.61. The third-order valence-electron chi connectivity index (χ3n) is 3.64. The molecule has 1 saturated carbocycles. The molecule has 20 heavy (non-hydrogen) atoms. The van der Waals surface area contributed by atoms with E-state index in [0.29, 0.717) is 0 Å². The summed E-state index contributed by atoms with van der Waals surface area (Å²) in [5.74, 6) is -0.471. The lowest BCUT2D eigenvalue weighted by molar-refractivity contribution is -0.140. The first-order valence-electron chi connectivity index (χ1n) is 7.83. The zero-order chi connectivity index (χ0) is 15.3. The molecule has 2 N–H and O–H groups in total. The fourth-order valence-electron chi connectivity index (χ4n) is 2.81. The topological polar surface area (TPSA) is 58.2 Å². The van der Waals surface area contributed by atoms with Crippen molar-refractivity contribution in [3.05, 3.63) is 0 Å². The molecular weight excluding hydrogens is 252 g/mol. The number of carbonyl (C=O) groups excluding carboxylic acids is 2. The molecule has 0 saturated heterocycles. The Bertz CT molecular complexity index is 339. The maximum atomic E-state index is 12.5. The molecule has 1 fully saturated rings. The van der Waals surface area contributed by atoms with Crippen LogP contribution in [0.5, 0.6) is 0 Å². The Kier molecular flexibility index (Phi) is 6.18. The summed E-state index contributed by atoms with van der Waals surface area (Å²) in [5.41, 5.74) is -0.171. The summed E-state index contributed by atoms with van der Waals surface area (Å²) in [5, 5.41) is 6.09. The molecule has 0 aromatic rings. The molecule has 1 amide bonds. The predicted octanol–water partition coefficient (Wildman–Crippen LogP) is 2.42. The Morgan fingerprint density at radius 2 is 1.60 bits per heavy atom. The van der Waals surface area contributed by atoms with E-state index in [4.69, 9.17) is 0 Å². The van der Waals surface area contributed by atoms with Crippen LogP contribution in [0.3, 0.4) is 0 Å². The Morgan fingerprint density at radius 3 is 2.05 bits per heavy atom. The Hall–Kier alpha value is -0.900. The van der Waals surface area contributed by atoms with Crippen molar-refractivity contribution in [2.75, 3.05) is 0 Å². The average Bonchev–Trinajstić information content (AvgIpc) is 2.34. The summed E-state index contributed by atoms with van der Waals surface area (Å²) < 4.78 is 0. The zero-order valence-corrected chi connectivity index (χ0v) is 13.6. The molecule has 0 heterocycles. The van der Waals surface area contributed by atoms with E-state index in [2.05, 4.69) is 10.6 Å². The van der Waals surface area contributed by atoms with E-state index in [1.807, 2.05) is 34.6 Å². The van der Waals surface area contributed by atoms with E-state index in [0.717, 1.165) is 25.7 Å². The Balaban J connectivity index is 2.80. The molecule has 4 nitrogen and oxygen atoms in total. The van der Waals surface area contributed by atoms with Crippen LogP contribution >= 0.6 is 0 Å². The van der Waals surface area contributed by atoms with Crippen LogP contribution in [-0.4, -0.2) is 29.3 Å². The summed E-state index contributed by atoms with van der Waals surface area (Å²) in [6.07, 6.45) is 5.63. The lowest BCUT2D eigenvalue weighted by atomic mass is 9.81. The summed E-state index contributed by atoms with van der Waals surface area (Å²) in [6.45, 7) is 9.86. The van der Waals surface area contributed by atoms with Gasteiger partial charge in [-0.2, -0.15) is 0 Å². The van der Waals surface area contributed by atoms with Gasteiger partial charge in [0.05, 0.1) is 6.04 Å². The van der Waals surface area contributed by atoms with Crippen molar-refractivity contribution in [3.63, 3.8) is 0 Å². The van der Waals surface area contributed by atoms with Gasteiger partial charge in [-0.05, 0) is 53.4 Å². The molecule has 1 rings (SSSR count). The monoisotopic (exact) mass is 282 g/mol. The standard InChI is InChI=1S/C16H30N2O2/c1-11(2)17-15(20)14(19)13(18-16(3,4)5)12-9-7-6-8-10-12/h11-13,18H,6-10H2,1-5H3,(H,17,20). The van der Waals surface area contributed by atoms with E-state index in [9.17, 15) is 9.59 Å². The van der Waals surface area contributed by atoms with Crippen LogP contribution in [-0.2, 0) is 9.59 Å². The van der Waals surface area contributed by atoms with Gasteiger partial charge in [0, 0.05) is 11.6 Å². The fraction of sp³-hybridized carbons (Fsp3) is 0.875. The number of Topliss-reactive ketones (excluding diaryl/α,β-unsaturated/α-hetero) is 1. The van der Waals surface area contributed by atoms with Crippen LogP contribution < -0.4 is 10.6 Å². The first kappa shape index (κ1) is 17.2. The van der Waals surface area contributed by atoms with Gasteiger partial charge in [-0.25, -0.2) is 0 Å². The highest BCUT2D eigenvalue weighted by molar-refractivity contribution is 6.38. The highest BCUT2D eigenvalue weighted by Gasteiger charge is 2.35. The second-order valence-electron chi connectivity index (χ2n) is 7.26. The van der Waals surface area contributed by atoms with Gasteiger partial charge in [-0.3, -0.25) is 9.59 Å². The number of nitrogens with one attached hydrogen (secondary N) is 2. The number of hydrogen-bond donors (Lipinski definition) is 2. The van der Waals surface area contributed by atoms with Gasteiger partial charge in [0.15, 0.2) is 0 Å². The van der Waals surface area contributed by atoms with Gasteiger partial charge < -0.3 is 10.6 Å². The minimum absolute atomic E-state index is 0.00640. The largest absolute Gasteiger partial charge is 0.347 e. The zero-order valence-electron chi connectivity index (χ0n) is 13.6. The van der Waals surface area contributed by atoms with Crippen molar-refractivity contribution in [2.24, 2.45) is 5.92 Å². The fourth-order valence-corrected chi connectivity index (χ4v) is 2.81. The number of carbonyl (C=O) groups is 2. The van der Waals surface area contributed by atoms with Gasteiger partial charge in [0.2, 0.25) is 5.78 Å². The molecule has 0 aromatic carbocycles. The predicted molar refractivity (Wildman–Crippen MR) is 81.5 cm³/mol. The second-order valence-corrected chi connectivity index (χ2v) is 7.26. The first-order valence-corrected chi connectivity index (χ1v) is 7.83. The minimum atomic E-state index is -0.452. The molecular formula is C16H30N2O2. The summed E-state index contributed by atoms with van der Waals surface area (Å²) in [4.78, 5) is 24.5. The van der Waals surface area contributed by atoms with Crippen molar-refractivity contribution >= 4 is 11.7 Å². The quantitative estimate of drug-likeness (QED) is 0.761. The minimum Gasteiger partial charge on any atom is -0.347 e. The number of hydrogen-bond acceptors (Lipinski definition) is 3. The summed E-state index contributed by atoms with van der Waals surface area (Å²) >= 11 is 0. The van der Waals surface area contributed by atoms with Gasteiger partial charge in [0.1, 0.15) is 0 Å². The van der Waals surface area contributed by atoms with E-state index < -0.39 is 5.91 Å². The molecule has 1 atom stereocenters. The molecule has 0 radical (unpaired) electrons. The van der Waals surface area contributed by atoms with Gasteiger partial charge in [-0.1, -0.05) is 19.3 Å². The normalized spacial score (nSPS) is 18.9. The van der Waals surface area contributed by atoms with Gasteiger partial charge >= 0.3 is 0 Å². The van der Waals surface area contributed by atoms with Crippen molar-refractivity contribution in [3.8, 4) is 0 Å². The molecule has 116 valence electrons. The SMILES string of the molecule is CC(C)NC(=O)C(=O)C(NC(C)(C)C)C1CCCCC1. The molecule has 0 aliphatic heterocycles. The maximum absolute atomic E-state index is 12.5. The van der Waals surface area contributed by atoms with Crippen molar-refractivity contribution in [1.82, 2.24) is 10.6 Å². The van der Waals surface area contributed by atoms with Crippen LogP contribution in [0.25, 0.3) is 0 Å². The Morgan fingerprint density at radius 1 is 1.05 bits per heavy atom. The molecule has 4 heteroatoms. The van der Waals surface area contributed by atoms with Crippen LogP contribution in [0.2, 0.25) is 0 Å². The van der Waals surface area contributed by atoms with Crippen molar-refractivity contribution in [2.45, 2.75) is 84.3 Å². The smallest absolute Gasteiger partial charge is 0.289 e. The molecule has 1 aliphatic carbocycles. The van der Waals surface area contributed by atoms with Gasteiger partial charge in [0.25, 0.3) is 5.91 Å². The molecule has 0 aromatic heterocycles. The number of rotatable bonds is 5. The van der Waals surface area contributed by atoms with Crippen LogP contribution in [0.4, 0.5) is 0 Å². The lowest BCUT2D eigenvalue weighted by Gasteiger charge is -2.34. The van der Waals surface area contributed by atoms with Gasteiger partial charge in [-0.15, -0.1) is 0 Å². The molecule has 0 bridgehead atoms. The van der Waals surface area contributed by atoms with E-state index in [-0.39, 0.29) is 29.3 Å². The van der Waals surface area contributed by atoms with Crippen molar-refractivity contribution in [1.29, 1.82) is 0 Å². The molecule has 1 aliphatic rings. The second kappa shape index (κ2) is 7.21. The van der Waals surface area contributed by atoms with E-state index in [1.165, 1.54) is 6.42 Å². The molecule has 1 unspecified atom stereocenters. The Labute approximate surface area is 123 Å². The van der Waals surface area contributed by atoms with Crippen LogP contribution in [0.1, 0.15) is 66.7 Å².